The van der Waals surface area contributed by atoms with Crippen LogP contribution >= 0.6 is 11.6 Å². The van der Waals surface area contributed by atoms with E-state index in [1.165, 1.54) is 12.1 Å². The molecule has 0 radical (unpaired) electrons. The van der Waals surface area contributed by atoms with Gasteiger partial charge in [0.1, 0.15) is 5.82 Å². The molecule has 106 valence electrons. The van der Waals surface area contributed by atoms with E-state index in [1.807, 2.05) is 41.8 Å². The van der Waals surface area contributed by atoms with Crippen LogP contribution in [0.15, 0.2) is 48.5 Å². The SMILES string of the molecule is Cc1ccc(F)cc1-c1nnc(CCl)n1-c1ccccc1. The van der Waals surface area contributed by atoms with Gasteiger partial charge in [-0.25, -0.2) is 4.39 Å². The molecule has 1 heterocycles. The van der Waals surface area contributed by atoms with Gasteiger partial charge in [-0.3, -0.25) is 4.57 Å². The minimum Gasteiger partial charge on any atom is -0.278 e. The van der Waals surface area contributed by atoms with Gasteiger partial charge in [0.2, 0.25) is 0 Å². The zero-order chi connectivity index (χ0) is 14.8. The maximum absolute atomic E-state index is 13.6. The molecule has 0 aliphatic rings. The number of hydrogen-bond acceptors (Lipinski definition) is 2. The van der Waals surface area contributed by atoms with Gasteiger partial charge in [0.25, 0.3) is 0 Å². The van der Waals surface area contributed by atoms with E-state index >= 15 is 0 Å². The monoisotopic (exact) mass is 301 g/mol. The van der Waals surface area contributed by atoms with Gasteiger partial charge in [0, 0.05) is 11.3 Å². The number of rotatable bonds is 3. The molecule has 5 heteroatoms. The quantitative estimate of drug-likeness (QED) is 0.681. The first kappa shape index (κ1) is 13.8. The molecule has 0 N–H and O–H groups in total. The van der Waals surface area contributed by atoms with Gasteiger partial charge in [0.05, 0.1) is 5.88 Å². The van der Waals surface area contributed by atoms with Crippen molar-refractivity contribution in [3.05, 3.63) is 65.7 Å². The summed E-state index contributed by atoms with van der Waals surface area (Å²) in [5.74, 6) is 1.15. The fraction of sp³-hybridized carbons (Fsp3) is 0.125. The molecular formula is C16H13ClFN3. The topological polar surface area (TPSA) is 30.7 Å². The van der Waals surface area contributed by atoms with Gasteiger partial charge in [-0.1, -0.05) is 24.3 Å². The largest absolute Gasteiger partial charge is 0.278 e. The van der Waals surface area contributed by atoms with E-state index in [0.717, 1.165) is 11.3 Å². The second-order valence-corrected chi connectivity index (χ2v) is 4.97. The van der Waals surface area contributed by atoms with Crippen LogP contribution in [0, 0.1) is 12.7 Å². The average molecular weight is 302 g/mol. The summed E-state index contributed by atoms with van der Waals surface area (Å²) in [4.78, 5) is 0. The molecule has 21 heavy (non-hydrogen) atoms. The Kier molecular flexibility index (Phi) is 3.71. The lowest BCUT2D eigenvalue weighted by Gasteiger charge is -2.11. The highest BCUT2D eigenvalue weighted by molar-refractivity contribution is 6.16. The van der Waals surface area contributed by atoms with Gasteiger partial charge in [0.15, 0.2) is 11.6 Å². The highest BCUT2D eigenvalue weighted by Gasteiger charge is 2.16. The highest BCUT2D eigenvalue weighted by Crippen LogP contribution is 2.26. The standard InChI is InChI=1S/C16H13ClFN3/c1-11-7-8-12(18)9-14(11)16-20-19-15(10-17)21(16)13-5-3-2-4-6-13/h2-9H,10H2,1H3. The molecule has 0 saturated heterocycles. The molecule has 0 aliphatic carbocycles. The summed E-state index contributed by atoms with van der Waals surface area (Å²) in [6.45, 7) is 1.92. The fourth-order valence-corrected chi connectivity index (χ4v) is 2.43. The maximum atomic E-state index is 13.6. The van der Waals surface area contributed by atoms with Gasteiger partial charge < -0.3 is 0 Å². The molecule has 1 aromatic heterocycles. The number of hydrogen-bond donors (Lipinski definition) is 0. The summed E-state index contributed by atoms with van der Waals surface area (Å²) in [5, 5.41) is 8.31. The Labute approximate surface area is 127 Å². The number of alkyl halides is 1. The van der Waals surface area contributed by atoms with Crippen molar-refractivity contribution in [3.63, 3.8) is 0 Å². The predicted molar refractivity (Wildman–Crippen MR) is 81.0 cm³/mol. The molecule has 0 unspecified atom stereocenters. The smallest absolute Gasteiger partial charge is 0.168 e. The molecule has 3 aromatic rings. The molecule has 3 nitrogen and oxygen atoms in total. The Morgan fingerprint density at radius 2 is 1.86 bits per heavy atom. The molecule has 0 bridgehead atoms. The second-order valence-electron chi connectivity index (χ2n) is 4.70. The Balaban J connectivity index is 2.25. The number of benzene rings is 2. The molecule has 0 spiro atoms. The van der Waals surface area contributed by atoms with E-state index in [1.54, 1.807) is 6.07 Å². The van der Waals surface area contributed by atoms with Crippen LogP contribution in [-0.4, -0.2) is 14.8 Å². The van der Waals surface area contributed by atoms with Crippen molar-refractivity contribution < 1.29 is 4.39 Å². The fourth-order valence-electron chi connectivity index (χ4n) is 2.26. The molecule has 0 aliphatic heterocycles. The molecule has 0 fully saturated rings. The van der Waals surface area contributed by atoms with Crippen molar-refractivity contribution in [3.8, 4) is 17.1 Å². The number of nitrogens with zero attached hydrogens (tertiary/aromatic N) is 3. The van der Waals surface area contributed by atoms with Crippen LogP contribution in [0.1, 0.15) is 11.4 Å². The molecule has 0 saturated carbocycles. The summed E-state index contributed by atoms with van der Waals surface area (Å²) in [6, 6.07) is 14.3. The van der Waals surface area contributed by atoms with Crippen LogP contribution in [0.4, 0.5) is 4.39 Å². The van der Waals surface area contributed by atoms with Crippen molar-refractivity contribution >= 4 is 11.6 Å². The van der Waals surface area contributed by atoms with Gasteiger partial charge in [-0.05, 0) is 36.8 Å². The Bertz CT molecular complexity index is 768. The minimum absolute atomic E-state index is 0.232. The lowest BCUT2D eigenvalue weighted by molar-refractivity contribution is 0.627. The first-order chi connectivity index (χ1) is 10.2. The van der Waals surface area contributed by atoms with E-state index in [9.17, 15) is 4.39 Å². The number of aromatic nitrogens is 3. The van der Waals surface area contributed by atoms with E-state index in [-0.39, 0.29) is 11.7 Å². The van der Waals surface area contributed by atoms with Crippen LogP contribution < -0.4 is 0 Å². The van der Waals surface area contributed by atoms with Gasteiger partial charge >= 0.3 is 0 Å². The Morgan fingerprint density at radius 3 is 2.57 bits per heavy atom. The normalized spacial score (nSPS) is 10.8. The summed E-state index contributed by atoms with van der Waals surface area (Å²) in [7, 11) is 0. The van der Waals surface area contributed by atoms with Crippen LogP contribution in [0.25, 0.3) is 17.1 Å². The van der Waals surface area contributed by atoms with Crippen LogP contribution in [-0.2, 0) is 5.88 Å². The van der Waals surface area contributed by atoms with Crippen molar-refractivity contribution in [2.75, 3.05) is 0 Å². The predicted octanol–water partition coefficient (Wildman–Crippen LogP) is 4.12. The zero-order valence-electron chi connectivity index (χ0n) is 11.4. The highest BCUT2D eigenvalue weighted by atomic mass is 35.5. The maximum Gasteiger partial charge on any atom is 0.168 e. The summed E-state index contributed by atoms with van der Waals surface area (Å²) < 4.78 is 15.4. The molecule has 0 amide bonds. The third kappa shape index (κ3) is 2.54. The molecule has 3 rings (SSSR count). The Hall–Kier alpha value is -2.20. The molecule has 2 aromatic carbocycles. The number of halogens is 2. The first-order valence-corrected chi connectivity index (χ1v) is 7.06. The van der Waals surface area contributed by atoms with Crippen LogP contribution in [0.3, 0.4) is 0 Å². The lowest BCUT2D eigenvalue weighted by Crippen LogP contribution is -2.02. The van der Waals surface area contributed by atoms with E-state index in [4.69, 9.17) is 11.6 Å². The number of aryl methyl sites for hydroxylation is 1. The number of para-hydroxylation sites is 1. The van der Waals surface area contributed by atoms with E-state index in [2.05, 4.69) is 10.2 Å². The van der Waals surface area contributed by atoms with Crippen molar-refractivity contribution in [1.82, 2.24) is 14.8 Å². The van der Waals surface area contributed by atoms with Crippen molar-refractivity contribution in [1.29, 1.82) is 0 Å². The zero-order valence-corrected chi connectivity index (χ0v) is 12.2. The van der Waals surface area contributed by atoms with E-state index in [0.29, 0.717) is 17.2 Å². The molecular weight excluding hydrogens is 289 g/mol. The second kappa shape index (κ2) is 5.66. The van der Waals surface area contributed by atoms with Gasteiger partial charge in [-0.15, -0.1) is 21.8 Å². The van der Waals surface area contributed by atoms with Crippen molar-refractivity contribution in [2.24, 2.45) is 0 Å². The molecule has 0 atom stereocenters. The summed E-state index contributed by atoms with van der Waals surface area (Å²) in [6.07, 6.45) is 0. The summed E-state index contributed by atoms with van der Waals surface area (Å²) >= 11 is 5.96. The Morgan fingerprint density at radius 1 is 1.10 bits per heavy atom. The van der Waals surface area contributed by atoms with Crippen LogP contribution in [0.2, 0.25) is 0 Å². The van der Waals surface area contributed by atoms with Crippen molar-refractivity contribution in [2.45, 2.75) is 12.8 Å². The summed E-state index contributed by atoms with van der Waals surface area (Å²) in [5.41, 5.74) is 2.54. The van der Waals surface area contributed by atoms with E-state index < -0.39 is 0 Å². The first-order valence-electron chi connectivity index (χ1n) is 6.53. The average Bonchev–Trinajstić information content (AvgIpc) is 2.94. The van der Waals surface area contributed by atoms with Crippen LogP contribution in [0.5, 0.6) is 0 Å². The minimum atomic E-state index is -0.300. The third-order valence-electron chi connectivity index (χ3n) is 3.30. The third-order valence-corrected chi connectivity index (χ3v) is 3.54. The van der Waals surface area contributed by atoms with Gasteiger partial charge in [-0.2, -0.15) is 0 Å². The lowest BCUT2D eigenvalue weighted by atomic mass is 10.1.